The summed E-state index contributed by atoms with van der Waals surface area (Å²) in [6.45, 7) is 2.55. The molecule has 0 radical (unpaired) electrons. The summed E-state index contributed by atoms with van der Waals surface area (Å²) in [5, 5.41) is 9.12. The van der Waals surface area contributed by atoms with E-state index >= 15 is 0 Å². The summed E-state index contributed by atoms with van der Waals surface area (Å²) in [7, 11) is 0. The monoisotopic (exact) mass is 239 g/mol. The van der Waals surface area contributed by atoms with Crippen LogP contribution >= 0.6 is 0 Å². The van der Waals surface area contributed by atoms with E-state index in [-0.39, 0.29) is 6.54 Å². The first-order chi connectivity index (χ1) is 8.18. The van der Waals surface area contributed by atoms with E-state index in [1.165, 1.54) is 51.4 Å². The Morgan fingerprint density at radius 2 is 1.71 bits per heavy atom. The fourth-order valence-electron chi connectivity index (χ4n) is 3.70. The van der Waals surface area contributed by atoms with Crippen LogP contribution in [0.4, 0.5) is 0 Å². The van der Waals surface area contributed by atoms with Crippen LogP contribution in [-0.2, 0) is 4.79 Å². The minimum Gasteiger partial charge on any atom is -0.480 e. The van der Waals surface area contributed by atoms with E-state index in [0.29, 0.717) is 18.0 Å². The Bertz CT molecular complexity index is 261. The zero-order chi connectivity index (χ0) is 12.3. The van der Waals surface area contributed by atoms with Crippen molar-refractivity contribution in [1.82, 2.24) is 4.90 Å². The highest BCUT2D eigenvalue weighted by Crippen LogP contribution is 2.33. The first kappa shape index (κ1) is 12.9. The Morgan fingerprint density at radius 3 is 2.29 bits per heavy atom. The quantitative estimate of drug-likeness (QED) is 0.820. The molecule has 1 N–H and O–H groups in total. The van der Waals surface area contributed by atoms with Gasteiger partial charge >= 0.3 is 5.97 Å². The zero-order valence-electron chi connectivity index (χ0n) is 10.9. The van der Waals surface area contributed by atoms with Gasteiger partial charge in [-0.2, -0.15) is 0 Å². The average Bonchev–Trinajstić information content (AvgIpc) is 2.80. The maximum Gasteiger partial charge on any atom is 0.317 e. The van der Waals surface area contributed by atoms with Gasteiger partial charge in [-0.3, -0.25) is 9.69 Å². The number of hydrogen-bond acceptors (Lipinski definition) is 2. The molecule has 2 saturated carbocycles. The van der Waals surface area contributed by atoms with Crippen molar-refractivity contribution >= 4 is 5.97 Å². The van der Waals surface area contributed by atoms with Crippen molar-refractivity contribution in [3.8, 4) is 0 Å². The third-order valence-corrected chi connectivity index (χ3v) is 4.60. The lowest BCUT2D eigenvalue weighted by molar-refractivity contribution is -0.140. The molecular formula is C14H25NO2. The smallest absolute Gasteiger partial charge is 0.317 e. The predicted octanol–water partition coefficient (Wildman–Crippen LogP) is 2.89. The molecule has 0 spiro atoms. The van der Waals surface area contributed by atoms with E-state index < -0.39 is 5.97 Å². The normalized spacial score (nSPS) is 30.9. The van der Waals surface area contributed by atoms with E-state index in [1.54, 1.807) is 0 Å². The van der Waals surface area contributed by atoms with Crippen molar-refractivity contribution in [3.05, 3.63) is 0 Å². The molecule has 0 aromatic rings. The fourth-order valence-corrected chi connectivity index (χ4v) is 3.70. The van der Waals surface area contributed by atoms with Gasteiger partial charge in [-0.1, -0.05) is 32.6 Å². The number of carboxylic acids is 1. The van der Waals surface area contributed by atoms with Gasteiger partial charge in [-0.25, -0.2) is 0 Å². The number of carbonyl (C=O) groups is 1. The van der Waals surface area contributed by atoms with E-state index in [4.69, 9.17) is 5.11 Å². The summed E-state index contributed by atoms with van der Waals surface area (Å²) in [6.07, 6.45) is 10.0. The van der Waals surface area contributed by atoms with Gasteiger partial charge in [-0.05, 0) is 31.6 Å². The van der Waals surface area contributed by atoms with Crippen LogP contribution in [0.2, 0.25) is 0 Å². The highest BCUT2D eigenvalue weighted by Gasteiger charge is 2.34. The summed E-state index contributed by atoms with van der Waals surface area (Å²) < 4.78 is 0. The maximum atomic E-state index is 11.1. The van der Waals surface area contributed by atoms with Gasteiger partial charge in [0.1, 0.15) is 0 Å². The Hall–Kier alpha value is -0.570. The molecule has 17 heavy (non-hydrogen) atoms. The molecule has 0 saturated heterocycles. The van der Waals surface area contributed by atoms with Crippen LogP contribution in [0.1, 0.15) is 58.3 Å². The van der Waals surface area contributed by atoms with Crippen molar-refractivity contribution in [3.63, 3.8) is 0 Å². The second-order valence-electron chi connectivity index (χ2n) is 5.83. The number of carboxylic acid groups (broad SMARTS) is 1. The van der Waals surface area contributed by atoms with Gasteiger partial charge in [0.15, 0.2) is 0 Å². The molecule has 2 aliphatic rings. The molecule has 0 aromatic heterocycles. The van der Waals surface area contributed by atoms with Crippen molar-refractivity contribution in [2.45, 2.75) is 70.4 Å². The van der Waals surface area contributed by atoms with Gasteiger partial charge in [0, 0.05) is 12.1 Å². The van der Waals surface area contributed by atoms with Gasteiger partial charge in [0.05, 0.1) is 6.54 Å². The second kappa shape index (κ2) is 5.85. The van der Waals surface area contributed by atoms with Crippen molar-refractivity contribution in [2.24, 2.45) is 5.92 Å². The molecule has 2 atom stereocenters. The Labute approximate surface area is 104 Å². The standard InChI is InChI=1S/C14H25NO2/c1-11-6-2-5-9-13(11)15(10-14(16)17)12-7-3-4-8-12/h11-13H,2-10H2,1H3,(H,16,17). The summed E-state index contributed by atoms with van der Waals surface area (Å²) in [5.41, 5.74) is 0. The molecule has 2 unspecified atom stereocenters. The Balaban J connectivity index is 2.04. The molecule has 98 valence electrons. The number of aliphatic carboxylic acids is 1. The van der Waals surface area contributed by atoms with Gasteiger partial charge in [0.25, 0.3) is 0 Å². The lowest BCUT2D eigenvalue weighted by atomic mass is 9.84. The summed E-state index contributed by atoms with van der Waals surface area (Å²) in [6, 6.07) is 1.06. The lowest BCUT2D eigenvalue weighted by Crippen LogP contribution is -2.48. The molecule has 2 fully saturated rings. The molecule has 3 nitrogen and oxygen atoms in total. The van der Waals surface area contributed by atoms with Crippen molar-refractivity contribution in [1.29, 1.82) is 0 Å². The van der Waals surface area contributed by atoms with Crippen molar-refractivity contribution < 1.29 is 9.90 Å². The lowest BCUT2D eigenvalue weighted by Gasteiger charge is -2.41. The van der Waals surface area contributed by atoms with Crippen LogP contribution < -0.4 is 0 Å². The maximum absolute atomic E-state index is 11.1. The van der Waals surface area contributed by atoms with E-state index in [2.05, 4.69) is 11.8 Å². The Morgan fingerprint density at radius 1 is 1.12 bits per heavy atom. The van der Waals surface area contributed by atoms with Crippen LogP contribution in [0.25, 0.3) is 0 Å². The fraction of sp³-hybridized carbons (Fsp3) is 0.929. The SMILES string of the molecule is CC1CCCCC1N(CC(=O)O)C1CCCC1. The van der Waals surface area contributed by atoms with Gasteiger partial charge in [-0.15, -0.1) is 0 Å². The van der Waals surface area contributed by atoms with Crippen LogP contribution in [0.3, 0.4) is 0 Å². The van der Waals surface area contributed by atoms with Gasteiger partial charge in [0.2, 0.25) is 0 Å². The van der Waals surface area contributed by atoms with E-state index in [0.717, 1.165) is 0 Å². The minimum absolute atomic E-state index is 0.250. The van der Waals surface area contributed by atoms with Crippen molar-refractivity contribution in [2.75, 3.05) is 6.54 Å². The van der Waals surface area contributed by atoms with Crippen LogP contribution in [-0.4, -0.2) is 34.6 Å². The topological polar surface area (TPSA) is 40.5 Å². The minimum atomic E-state index is -0.658. The highest BCUT2D eigenvalue weighted by atomic mass is 16.4. The highest BCUT2D eigenvalue weighted by molar-refractivity contribution is 5.69. The molecule has 2 aliphatic carbocycles. The third-order valence-electron chi connectivity index (χ3n) is 4.60. The van der Waals surface area contributed by atoms with Crippen LogP contribution in [0.5, 0.6) is 0 Å². The van der Waals surface area contributed by atoms with Crippen LogP contribution in [0.15, 0.2) is 0 Å². The largest absolute Gasteiger partial charge is 0.480 e. The molecular weight excluding hydrogens is 214 g/mol. The number of rotatable bonds is 4. The number of hydrogen-bond donors (Lipinski definition) is 1. The predicted molar refractivity (Wildman–Crippen MR) is 68.0 cm³/mol. The van der Waals surface area contributed by atoms with Crippen LogP contribution in [0, 0.1) is 5.92 Å². The molecule has 2 rings (SSSR count). The zero-order valence-corrected chi connectivity index (χ0v) is 10.9. The second-order valence-corrected chi connectivity index (χ2v) is 5.83. The molecule has 0 bridgehead atoms. The molecule has 0 aliphatic heterocycles. The van der Waals surface area contributed by atoms with E-state index in [9.17, 15) is 4.79 Å². The first-order valence-corrected chi connectivity index (χ1v) is 7.16. The Kier molecular flexibility index (Phi) is 4.43. The summed E-state index contributed by atoms with van der Waals surface area (Å²) in [4.78, 5) is 13.4. The summed E-state index contributed by atoms with van der Waals surface area (Å²) >= 11 is 0. The average molecular weight is 239 g/mol. The molecule has 0 heterocycles. The first-order valence-electron chi connectivity index (χ1n) is 7.16. The van der Waals surface area contributed by atoms with Gasteiger partial charge < -0.3 is 5.11 Å². The van der Waals surface area contributed by atoms with E-state index in [1.807, 2.05) is 0 Å². The molecule has 0 amide bonds. The number of nitrogens with zero attached hydrogens (tertiary/aromatic N) is 1. The third kappa shape index (κ3) is 3.21. The summed E-state index contributed by atoms with van der Waals surface area (Å²) in [5.74, 6) is 0.0124. The molecule has 3 heteroatoms. The molecule has 0 aromatic carbocycles.